The van der Waals surface area contributed by atoms with Gasteiger partial charge in [0.15, 0.2) is 0 Å². The van der Waals surface area contributed by atoms with Gasteiger partial charge in [0, 0.05) is 44.1 Å². The Kier molecular flexibility index (Phi) is 7.70. The predicted octanol–water partition coefficient (Wildman–Crippen LogP) is 2.50. The topological polar surface area (TPSA) is 44.8 Å². The zero-order valence-corrected chi connectivity index (χ0v) is 16.5. The van der Waals surface area contributed by atoms with Crippen molar-refractivity contribution in [3.63, 3.8) is 0 Å². The van der Waals surface area contributed by atoms with Crippen molar-refractivity contribution in [2.24, 2.45) is 0 Å². The van der Waals surface area contributed by atoms with E-state index in [1.54, 1.807) is 0 Å². The van der Waals surface area contributed by atoms with Gasteiger partial charge in [-0.05, 0) is 0 Å². The molecule has 5 nitrogen and oxygen atoms in total. The first-order chi connectivity index (χ1) is 11.4. The van der Waals surface area contributed by atoms with Crippen LogP contribution < -0.4 is 5.32 Å². The molecular formula is C14H19ClFN3O2S3. The smallest absolute Gasteiger partial charge is 0.310 e. The fourth-order valence-electron chi connectivity index (χ4n) is 2.48. The molecule has 0 atom stereocenters. The number of thiocarbonyl (C=S) groups is 1. The first kappa shape index (κ1) is 19.9. The van der Waals surface area contributed by atoms with Crippen LogP contribution in [0.1, 0.15) is 4.88 Å². The number of fused-ring (bicyclic) bond motifs is 3. The van der Waals surface area contributed by atoms with Gasteiger partial charge in [0.1, 0.15) is 10.0 Å². The number of thiol groups is 1. The summed E-state index contributed by atoms with van der Waals surface area (Å²) in [5.74, 6) is -0.483. The molecule has 3 aliphatic heterocycles. The number of halogens is 2. The number of carbonyl (C=O) groups excluding carboxylic acids is 1. The maximum Gasteiger partial charge on any atom is 0.310 e. The molecule has 0 radical (unpaired) electrons. The van der Waals surface area contributed by atoms with Gasteiger partial charge in [0.2, 0.25) is 5.13 Å². The molecule has 1 aromatic heterocycles. The Morgan fingerprint density at radius 1 is 1.33 bits per heavy atom. The van der Waals surface area contributed by atoms with Crippen LogP contribution in [0.5, 0.6) is 0 Å². The number of hydrogen-bond acceptors (Lipinski definition) is 6. The molecule has 0 amide bonds. The van der Waals surface area contributed by atoms with Gasteiger partial charge >= 0.3 is 5.97 Å². The van der Waals surface area contributed by atoms with E-state index >= 15 is 0 Å². The molecule has 0 saturated carbocycles. The molecule has 4 heterocycles. The lowest BCUT2D eigenvalue weighted by molar-refractivity contribution is -0.139. The monoisotopic (exact) mass is 411 g/mol. The van der Waals surface area contributed by atoms with E-state index in [9.17, 15) is 9.18 Å². The Balaban J connectivity index is 0.000000214. The highest BCUT2D eigenvalue weighted by Gasteiger charge is 2.22. The Morgan fingerprint density at radius 2 is 1.83 bits per heavy atom. The van der Waals surface area contributed by atoms with Gasteiger partial charge in [0.05, 0.1) is 18.6 Å². The second kappa shape index (κ2) is 9.30. The van der Waals surface area contributed by atoms with Gasteiger partial charge in [-0.25, -0.2) is 0 Å². The van der Waals surface area contributed by atoms with E-state index in [2.05, 4.69) is 44.7 Å². The van der Waals surface area contributed by atoms with Crippen molar-refractivity contribution in [2.75, 3.05) is 51.7 Å². The van der Waals surface area contributed by atoms with Crippen molar-refractivity contribution >= 4 is 63.8 Å². The molecule has 0 unspecified atom stereocenters. The molecule has 3 fully saturated rings. The van der Waals surface area contributed by atoms with Gasteiger partial charge in [-0.1, -0.05) is 23.8 Å². The summed E-state index contributed by atoms with van der Waals surface area (Å²) in [7, 11) is 1.25. The number of esters is 1. The summed E-state index contributed by atoms with van der Waals surface area (Å²) >= 11 is 15.1. The Hall–Kier alpha value is -0.450. The molecule has 24 heavy (non-hydrogen) atoms. The van der Waals surface area contributed by atoms with Gasteiger partial charge < -0.3 is 10.1 Å². The summed E-state index contributed by atoms with van der Waals surface area (Å²) in [6.45, 7) is 7.92. The predicted molar refractivity (Wildman–Crippen MR) is 103 cm³/mol. The number of anilines is 1. The van der Waals surface area contributed by atoms with Crippen LogP contribution in [0.2, 0.25) is 5.02 Å². The zero-order chi connectivity index (χ0) is 17.7. The number of nitrogens with zero attached hydrogens (tertiary/aromatic N) is 2. The van der Waals surface area contributed by atoms with Crippen molar-refractivity contribution in [1.82, 2.24) is 9.80 Å². The molecule has 2 bridgehead atoms. The number of methoxy groups -OCH3 is 1. The van der Waals surface area contributed by atoms with Gasteiger partial charge in [-0.2, -0.15) is 4.39 Å². The lowest BCUT2D eigenvalue weighted by atomic mass is 10.2. The molecule has 3 aliphatic rings. The van der Waals surface area contributed by atoms with Crippen molar-refractivity contribution in [1.29, 1.82) is 0 Å². The van der Waals surface area contributed by atoms with Gasteiger partial charge in [0.25, 0.3) is 0 Å². The van der Waals surface area contributed by atoms with E-state index in [-0.39, 0.29) is 21.5 Å². The van der Waals surface area contributed by atoms with Crippen LogP contribution in [-0.4, -0.2) is 66.5 Å². The lowest BCUT2D eigenvalue weighted by Gasteiger charge is -2.41. The fraction of sp³-hybridized carbons (Fsp3) is 0.571. The number of carbonyl (C=O) groups is 1. The number of piperazine rings is 3. The maximum atomic E-state index is 13.4. The molecule has 134 valence electrons. The second-order valence-corrected chi connectivity index (χ2v) is 7.95. The lowest BCUT2D eigenvalue weighted by Crippen LogP contribution is -2.55. The van der Waals surface area contributed by atoms with Crippen molar-refractivity contribution in [3.05, 3.63) is 15.0 Å². The molecule has 1 N–H and O–H groups in total. The minimum absolute atomic E-state index is 0.0468. The van der Waals surface area contributed by atoms with E-state index in [0.717, 1.165) is 11.3 Å². The molecule has 0 spiro atoms. The fourth-order valence-corrected chi connectivity index (χ4v) is 3.91. The molecule has 3 saturated heterocycles. The summed E-state index contributed by atoms with van der Waals surface area (Å²) in [4.78, 5) is 16.5. The Labute approximate surface area is 160 Å². The van der Waals surface area contributed by atoms with Gasteiger partial charge in [-0.15, -0.1) is 24.0 Å². The van der Waals surface area contributed by atoms with Crippen molar-refractivity contribution in [3.8, 4) is 0 Å². The average Bonchev–Trinajstić information content (AvgIpc) is 2.84. The first-order valence-electron chi connectivity index (χ1n) is 7.38. The third kappa shape index (κ3) is 5.53. The summed E-state index contributed by atoms with van der Waals surface area (Å²) in [5, 5.41) is 2.09. The second-order valence-electron chi connectivity index (χ2n) is 5.35. The summed E-state index contributed by atoms with van der Waals surface area (Å²) in [6.07, 6.45) is -0.0715. The largest absolute Gasteiger partial charge is 0.469 e. The van der Waals surface area contributed by atoms with Crippen molar-refractivity contribution in [2.45, 2.75) is 6.42 Å². The molecule has 4 rings (SSSR count). The summed E-state index contributed by atoms with van der Waals surface area (Å²) in [5.41, 5.74) is 0.0468. The highest BCUT2D eigenvalue weighted by atomic mass is 35.5. The average molecular weight is 412 g/mol. The SMILES string of the molecule is C1CN2CCN1CC2.COC(=O)Cc1sc(F)c(NC(=S)S)c1Cl. The number of rotatable bonds is 3. The minimum atomic E-state index is -0.541. The van der Waals surface area contributed by atoms with Crippen LogP contribution in [0.3, 0.4) is 0 Å². The van der Waals surface area contributed by atoms with Crippen LogP contribution in [0.25, 0.3) is 0 Å². The highest BCUT2D eigenvalue weighted by Crippen LogP contribution is 2.36. The molecule has 10 heteroatoms. The number of ether oxygens (including phenoxy) is 1. The van der Waals surface area contributed by atoms with E-state index in [1.165, 1.54) is 46.4 Å². The first-order valence-corrected chi connectivity index (χ1v) is 9.43. The van der Waals surface area contributed by atoms with E-state index < -0.39 is 11.1 Å². The molecule has 0 aromatic carbocycles. The third-order valence-electron chi connectivity index (χ3n) is 3.84. The van der Waals surface area contributed by atoms with Crippen LogP contribution in [0.15, 0.2) is 0 Å². The summed E-state index contributed by atoms with van der Waals surface area (Å²) in [6, 6.07) is 0. The van der Waals surface area contributed by atoms with E-state index in [1.807, 2.05) is 0 Å². The maximum absolute atomic E-state index is 13.4. The number of hydrogen-bond donors (Lipinski definition) is 2. The Bertz CT molecular complexity index is 583. The van der Waals surface area contributed by atoms with Crippen LogP contribution in [-0.2, 0) is 16.0 Å². The van der Waals surface area contributed by atoms with E-state index in [0.29, 0.717) is 4.88 Å². The van der Waals surface area contributed by atoms with Crippen LogP contribution in [0, 0.1) is 5.13 Å². The van der Waals surface area contributed by atoms with Crippen LogP contribution in [0.4, 0.5) is 10.1 Å². The zero-order valence-electron chi connectivity index (χ0n) is 13.2. The standard InChI is InChI=1S/C8H7ClFNO2S3.C6H12N2/c1-13-4(12)2-3-5(9)6(7(10)16-3)11-8(14)15;1-2-8-5-3-7(1)4-6-8/h2H2,1H3,(H2,11,14,15);1-6H2. The highest BCUT2D eigenvalue weighted by molar-refractivity contribution is 8.11. The number of thiophene rings is 1. The quantitative estimate of drug-likeness (QED) is 0.452. The number of nitrogens with one attached hydrogen (secondary N) is 1. The summed E-state index contributed by atoms with van der Waals surface area (Å²) < 4.78 is 18.0. The minimum Gasteiger partial charge on any atom is -0.469 e. The Morgan fingerprint density at radius 3 is 2.21 bits per heavy atom. The van der Waals surface area contributed by atoms with Crippen molar-refractivity contribution < 1.29 is 13.9 Å². The molecular weight excluding hydrogens is 393 g/mol. The third-order valence-corrected chi connectivity index (χ3v) is 5.56. The molecule has 1 aromatic rings. The van der Waals surface area contributed by atoms with Gasteiger partial charge in [-0.3, -0.25) is 14.6 Å². The normalized spacial score (nSPS) is 21.7. The molecule has 0 aliphatic carbocycles. The van der Waals surface area contributed by atoms with E-state index in [4.69, 9.17) is 11.6 Å². The van der Waals surface area contributed by atoms with Crippen LogP contribution >= 0.6 is 47.8 Å².